The lowest BCUT2D eigenvalue weighted by atomic mass is 10.2. The van der Waals surface area contributed by atoms with Crippen LogP contribution in [0.15, 0.2) is 41.3 Å². The zero-order chi connectivity index (χ0) is 12.1. The van der Waals surface area contributed by atoms with Crippen molar-refractivity contribution in [1.82, 2.24) is 9.97 Å². The van der Waals surface area contributed by atoms with Gasteiger partial charge in [0, 0.05) is 13.2 Å². The van der Waals surface area contributed by atoms with Gasteiger partial charge in [-0.2, -0.15) is 0 Å². The Morgan fingerprint density at radius 3 is 2.88 bits per heavy atom. The van der Waals surface area contributed by atoms with E-state index in [0.717, 1.165) is 11.3 Å². The van der Waals surface area contributed by atoms with Crippen molar-refractivity contribution in [2.45, 2.75) is 6.61 Å². The van der Waals surface area contributed by atoms with Crippen molar-refractivity contribution in [3.8, 4) is 11.6 Å². The van der Waals surface area contributed by atoms with Gasteiger partial charge in [0.15, 0.2) is 0 Å². The molecule has 2 rings (SSSR count). The third-order valence-corrected chi connectivity index (χ3v) is 2.47. The van der Waals surface area contributed by atoms with Crippen LogP contribution in [0.2, 0.25) is 0 Å². The Kier molecular flexibility index (Phi) is 4.06. The lowest BCUT2D eigenvalue weighted by molar-refractivity contribution is 0.184. The van der Waals surface area contributed by atoms with E-state index in [9.17, 15) is 0 Å². The summed E-state index contributed by atoms with van der Waals surface area (Å²) in [5.74, 6) is 1.23. The van der Waals surface area contributed by atoms with Crippen LogP contribution in [0.25, 0.3) is 0 Å². The number of hydrogen-bond acceptors (Lipinski definition) is 4. The van der Waals surface area contributed by atoms with Crippen molar-refractivity contribution in [1.29, 1.82) is 0 Å². The summed E-state index contributed by atoms with van der Waals surface area (Å²) in [7, 11) is 1.66. The van der Waals surface area contributed by atoms with Crippen molar-refractivity contribution in [3.05, 3.63) is 46.8 Å². The van der Waals surface area contributed by atoms with Gasteiger partial charge in [0.1, 0.15) is 16.7 Å². The van der Waals surface area contributed by atoms with Gasteiger partial charge < -0.3 is 9.47 Å². The highest BCUT2D eigenvalue weighted by Gasteiger charge is 2.01. The Morgan fingerprint density at radius 1 is 1.24 bits per heavy atom. The summed E-state index contributed by atoms with van der Waals surface area (Å²) in [4.78, 5) is 7.95. The Morgan fingerprint density at radius 2 is 2.12 bits per heavy atom. The van der Waals surface area contributed by atoms with Gasteiger partial charge >= 0.3 is 0 Å². The minimum Gasteiger partial charge on any atom is -0.439 e. The maximum absolute atomic E-state index is 5.61. The fourth-order valence-electron chi connectivity index (χ4n) is 1.36. The molecule has 0 aliphatic carbocycles. The van der Waals surface area contributed by atoms with Crippen LogP contribution in [-0.2, 0) is 11.3 Å². The van der Waals surface area contributed by atoms with E-state index in [1.807, 2.05) is 24.3 Å². The van der Waals surface area contributed by atoms with Gasteiger partial charge in [-0.25, -0.2) is 9.97 Å². The highest BCUT2D eigenvalue weighted by Crippen LogP contribution is 2.21. The van der Waals surface area contributed by atoms with Crippen LogP contribution in [0, 0.1) is 0 Å². The molecular formula is C12H11BrN2O2. The summed E-state index contributed by atoms with van der Waals surface area (Å²) in [6.07, 6.45) is 1.44. The fourth-order valence-corrected chi connectivity index (χ4v) is 1.65. The highest BCUT2D eigenvalue weighted by molar-refractivity contribution is 9.10. The number of aromatic nitrogens is 2. The summed E-state index contributed by atoms with van der Waals surface area (Å²) in [6.45, 7) is 0.560. The molecule has 0 aliphatic rings. The standard InChI is InChI=1S/C12H11BrN2O2/c1-16-7-9-3-2-4-10(5-9)17-12-6-11(13)14-8-15-12/h2-6,8H,7H2,1H3. The Labute approximate surface area is 108 Å². The van der Waals surface area contributed by atoms with Crippen LogP contribution < -0.4 is 4.74 Å². The predicted molar refractivity (Wildman–Crippen MR) is 67.0 cm³/mol. The molecule has 4 nitrogen and oxygen atoms in total. The van der Waals surface area contributed by atoms with E-state index < -0.39 is 0 Å². The summed E-state index contributed by atoms with van der Waals surface area (Å²) in [6, 6.07) is 9.39. The van der Waals surface area contributed by atoms with Gasteiger partial charge in [0.05, 0.1) is 6.61 Å². The summed E-state index contributed by atoms with van der Waals surface area (Å²) >= 11 is 3.26. The third-order valence-electron chi connectivity index (χ3n) is 2.04. The zero-order valence-corrected chi connectivity index (χ0v) is 10.8. The second-order valence-corrected chi connectivity index (χ2v) is 4.17. The largest absolute Gasteiger partial charge is 0.439 e. The second-order valence-electron chi connectivity index (χ2n) is 3.36. The van der Waals surface area contributed by atoms with Gasteiger partial charge in [-0.1, -0.05) is 12.1 Å². The Balaban J connectivity index is 2.15. The van der Waals surface area contributed by atoms with E-state index in [2.05, 4.69) is 25.9 Å². The quantitative estimate of drug-likeness (QED) is 0.813. The maximum atomic E-state index is 5.61. The Bertz CT molecular complexity index is 505. The zero-order valence-electron chi connectivity index (χ0n) is 9.26. The van der Waals surface area contributed by atoms with E-state index in [1.54, 1.807) is 13.2 Å². The average Bonchev–Trinajstić information content (AvgIpc) is 2.30. The predicted octanol–water partition coefficient (Wildman–Crippen LogP) is 3.18. The van der Waals surface area contributed by atoms with Crippen molar-refractivity contribution >= 4 is 15.9 Å². The smallest absolute Gasteiger partial charge is 0.223 e. The molecule has 0 fully saturated rings. The van der Waals surface area contributed by atoms with Crippen LogP contribution in [0.1, 0.15) is 5.56 Å². The molecule has 1 aromatic carbocycles. The molecule has 0 spiro atoms. The van der Waals surface area contributed by atoms with E-state index in [1.165, 1.54) is 6.33 Å². The second kappa shape index (κ2) is 5.75. The topological polar surface area (TPSA) is 44.2 Å². The van der Waals surface area contributed by atoms with E-state index in [0.29, 0.717) is 17.1 Å². The van der Waals surface area contributed by atoms with E-state index >= 15 is 0 Å². The number of rotatable bonds is 4. The van der Waals surface area contributed by atoms with Gasteiger partial charge in [-0.15, -0.1) is 0 Å². The van der Waals surface area contributed by atoms with Crippen LogP contribution in [-0.4, -0.2) is 17.1 Å². The molecule has 0 amide bonds. The van der Waals surface area contributed by atoms with Crippen molar-refractivity contribution < 1.29 is 9.47 Å². The monoisotopic (exact) mass is 294 g/mol. The SMILES string of the molecule is COCc1cccc(Oc2cc(Br)ncn2)c1. The number of ether oxygens (including phenoxy) is 2. The highest BCUT2D eigenvalue weighted by atomic mass is 79.9. The van der Waals surface area contributed by atoms with Crippen molar-refractivity contribution in [3.63, 3.8) is 0 Å². The van der Waals surface area contributed by atoms with Crippen LogP contribution >= 0.6 is 15.9 Å². The molecular weight excluding hydrogens is 284 g/mol. The average molecular weight is 295 g/mol. The van der Waals surface area contributed by atoms with Crippen LogP contribution in [0.5, 0.6) is 11.6 Å². The minimum absolute atomic E-state index is 0.501. The molecule has 0 saturated carbocycles. The van der Waals surface area contributed by atoms with Gasteiger partial charge in [-0.05, 0) is 33.6 Å². The summed E-state index contributed by atoms with van der Waals surface area (Å²) in [5, 5.41) is 0. The molecule has 0 saturated heterocycles. The summed E-state index contributed by atoms with van der Waals surface area (Å²) < 4.78 is 11.4. The van der Waals surface area contributed by atoms with Crippen LogP contribution in [0.3, 0.4) is 0 Å². The van der Waals surface area contributed by atoms with Gasteiger partial charge in [0.2, 0.25) is 5.88 Å². The fraction of sp³-hybridized carbons (Fsp3) is 0.167. The normalized spacial score (nSPS) is 10.2. The maximum Gasteiger partial charge on any atom is 0.223 e. The molecule has 0 aliphatic heterocycles. The molecule has 88 valence electrons. The number of methoxy groups -OCH3 is 1. The molecule has 1 aromatic heterocycles. The third kappa shape index (κ3) is 3.51. The van der Waals surface area contributed by atoms with Gasteiger partial charge in [0.25, 0.3) is 0 Å². The Hall–Kier alpha value is -1.46. The first-order valence-electron chi connectivity index (χ1n) is 5.01. The number of halogens is 1. The summed E-state index contributed by atoms with van der Waals surface area (Å²) in [5.41, 5.74) is 1.05. The molecule has 0 unspecified atom stereocenters. The molecule has 17 heavy (non-hydrogen) atoms. The number of benzene rings is 1. The van der Waals surface area contributed by atoms with Crippen LogP contribution in [0.4, 0.5) is 0 Å². The lowest BCUT2D eigenvalue weighted by Gasteiger charge is -2.06. The lowest BCUT2D eigenvalue weighted by Crippen LogP contribution is -1.91. The first-order valence-corrected chi connectivity index (χ1v) is 5.80. The molecule has 0 radical (unpaired) electrons. The van der Waals surface area contributed by atoms with E-state index in [-0.39, 0.29) is 0 Å². The number of nitrogens with zero attached hydrogens (tertiary/aromatic N) is 2. The molecule has 0 bridgehead atoms. The van der Waals surface area contributed by atoms with E-state index in [4.69, 9.17) is 9.47 Å². The minimum atomic E-state index is 0.501. The van der Waals surface area contributed by atoms with Crippen molar-refractivity contribution in [2.24, 2.45) is 0 Å². The molecule has 5 heteroatoms. The van der Waals surface area contributed by atoms with Crippen molar-refractivity contribution in [2.75, 3.05) is 7.11 Å². The molecule has 0 atom stereocenters. The first kappa shape index (κ1) is 12.0. The first-order chi connectivity index (χ1) is 8.28. The number of hydrogen-bond donors (Lipinski definition) is 0. The van der Waals surface area contributed by atoms with Gasteiger partial charge in [-0.3, -0.25) is 0 Å². The molecule has 0 N–H and O–H groups in total. The molecule has 2 aromatic rings. The molecule has 1 heterocycles.